The third kappa shape index (κ3) is 4.53. The molecule has 1 aromatic rings. The Balaban J connectivity index is 2.52. The highest BCUT2D eigenvalue weighted by atomic mass is 19.1. The Kier molecular flexibility index (Phi) is 5.10. The molecule has 0 unspecified atom stereocenters. The molecule has 0 aromatic heterocycles. The van der Waals surface area contributed by atoms with Crippen molar-refractivity contribution in [2.24, 2.45) is 11.7 Å². The first-order chi connectivity index (χ1) is 8.00. The van der Waals surface area contributed by atoms with Gasteiger partial charge in [-0.05, 0) is 31.0 Å². The van der Waals surface area contributed by atoms with Crippen molar-refractivity contribution in [3.63, 3.8) is 0 Å². The van der Waals surface area contributed by atoms with Gasteiger partial charge < -0.3 is 11.1 Å². The van der Waals surface area contributed by atoms with E-state index in [1.54, 1.807) is 12.1 Å². The molecule has 0 aliphatic heterocycles. The van der Waals surface area contributed by atoms with Gasteiger partial charge in [0.1, 0.15) is 5.82 Å². The SMILES string of the molecule is CC(C)CCNCc1ccc(C(N)=O)cc1F. The van der Waals surface area contributed by atoms with E-state index in [1.165, 1.54) is 6.07 Å². The number of primary amides is 1. The maximum atomic E-state index is 13.5. The van der Waals surface area contributed by atoms with Crippen LogP contribution < -0.4 is 11.1 Å². The lowest BCUT2D eigenvalue weighted by atomic mass is 10.1. The van der Waals surface area contributed by atoms with Crippen LogP contribution in [0.3, 0.4) is 0 Å². The maximum absolute atomic E-state index is 13.5. The van der Waals surface area contributed by atoms with Crippen LogP contribution in [0.25, 0.3) is 0 Å². The standard InChI is InChI=1S/C13H19FN2O/c1-9(2)5-6-16-8-11-4-3-10(13(15)17)7-12(11)14/h3-4,7,9,16H,5-6,8H2,1-2H3,(H2,15,17). The lowest BCUT2D eigenvalue weighted by Crippen LogP contribution is -2.18. The topological polar surface area (TPSA) is 55.1 Å². The van der Waals surface area contributed by atoms with Crippen LogP contribution in [-0.2, 0) is 6.54 Å². The second-order valence-corrected chi connectivity index (χ2v) is 4.53. The zero-order valence-electron chi connectivity index (χ0n) is 10.3. The summed E-state index contributed by atoms with van der Waals surface area (Å²) in [6.45, 7) is 5.61. The minimum Gasteiger partial charge on any atom is -0.366 e. The molecule has 94 valence electrons. The van der Waals surface area contributed by atoms with Crippen molar-refractivity contribution in [2.45, 2.75) is 26.8 Å². The van der Waals surface area contributed by atoms with E-state index in [-0.39, 0.29) is 5.56 Å². The highest BCUT2D eigenvalue weighted by Crippen LogP contribution is 2.10. The first-order valence-electron chi connectivity index (χ1n) is 5.79. The molecule has 0 atom stereocenters. The number of rotatable bonds is 6. The van der Waals surface area contributed by atoms with Gasteiger partial charge in [-0.15, -0.1) is 0 Å². The van der Waals surface area contributed by atoms with E-state index < -0.39 is 11.7 Å². The molecule has 3 N–H and O–H groups in total. The summed E-state index contributed by atoms with van der Waals surface area (Å²) >= 11 is 0. The fraction of sp³-hybridized carbons (Fsp3) is 0.462. The largest absolute Gasteiger partial charge is 0.366 e. The molecule has 1 rings (SSSR count). The first-order valence-corrected chi connectivity index (χ1v) is 5.79. The molecule has 17 heavy (non-hydrogen) atoms. The van der Waals surface area contributed by atoms with E-state index >= 15 is 0 Å². The van der Waals surface area contributed by atoms with Gasteiger partial charge in [-0.1, -0.05) is 19.9 Å². The third-order valence-electron chi connectivity index (χ3n) is 2.55. The van der Waals surface area contributed by atoms with Gasteiger partial charge in [0.05, 0.1) is 0 Å². The van der Waals surface area contributed by atoms with Crippen molar-refractivity contribution in [3.05, 3.63) is 35.1 Å². The van der Waals surface area contributed by atoms with Gasteiger partial charge in [-0.3, -0.25) is 4.79 Å². The minimum atomic E-state index is -0.608. The second kappa shape index (κ2) is 6.35. The van der Waals surface area contributed by atoms with Gasteiger partial charge in [0.25, 0.3) is 0 Å². The van der Waals surface area contributed by atoms with Crippen LogP contribution in [0.1, 0.15) is 36.2 Å². The van der Waals surface area contributed by atoms with Crippen molar-refractivity contribution in [1.29, 1.82) is 0 Å². The average Bonchev–Trinajstić information content (AvgIpc) is 2.25. The average molecular weight is 238 g/mol. The minimum absolute atomic E-state index is 0.202. The Hall–Kier alpha value is -1.42. The summed E-state index contributed by atoms with van der Waals surface area (Å²) in [7, 11) is 0. The first kappa shape index (κ1) is 13.6. The number of hydrogen-bond donors (Lipinski definition) is 2. The summed E-state index contributed by atoms with van der Waals surface area (Å²) in [6.07, 6.45) is 1.06. The number of halogens is 1. The van der Waals surface area contributed by atoms with Crippen LogP contribution in [-0.4, -0.2) is 12.5 Å². The number of hydrogen-bond acceptors (Lipinski definition) is 2. The van der Waals surface area contributed by atoms with Gasteiger partial charge in [0, 0.05) is 17.7 Å². The summed E-state index contributed by atoms with van der Waals surface area (Å²) in [5, 5.41) is 3.17. The molecule has 0 fully saturated rings. The summed E-state index contributed by atoms with van der Waals surface area (Å²) in [6, 6.07) is 4.32. The molecule has 0 saturated heterocycles. The molecule has 0 spiro atoms. The highest BCUT2D eigenvalue weighted by Gasteiger charge is 2.06. The Labute approximate surface area is 101 Å². The van der Waals surface area contributed by atoms with Crippen molar-refractivity contribution in [1.82, 2.24) is 5.32 Å². The van der Waals surface area contributed by atoms with Gasteiger partial charge in [0.15, 0.2) is 0 Å². The summed E-state index contributed by atoms with van der Waals surface area (Å²) in [5.74, 6) is -0.369. The van der Waals surface area contributed by atoms with Gasteiger partial charge in [0.2, 0.25) is 5.91 Å². The predicted octanol–water partition coefficient (Wildman–Crippen LogP) is 2.06. The maximum Gasteiger partial charge on any atom is 0.248 e. The van der Waals surface area contributed by atoms with Crippen molar-refractivity contribution in [2.75, 3.05) is 6.54 Å². The molecular formula is C13H19FN2O. The van der Waals surface area contributed by atoms with Crippen molar-refractivity contribution >= 4 is 5.91 Å². The Morgan fingerprint density at radius 1 is 1.47 bits per heavy atom. The number of carbonyl (C=O) groups is 1. The molecular weight excluding hydrogens is 219 g/mol. The summed E-state index contributed by atoms with van der Waals surface area (Å²) in [4.78, 5) is 10.8. The lowest BCUT2D eigenvalue weighted by molar-refractivity contribution is 0.1000. The molecule has 0 aliphatic rings. The normalized spacial score (nSPS) is 10.8. The van der Waals surface area contributed by atoms with E-state index in [1.807, 2.05) is 0 Å². The second-order valence-electron chi connectivity index (χ2n) is 4.53. The smallest absolute Gasteiger partial charge is 0.248 e. The van der Waals surface area contributed by atoms with Crippen molar-refractivity contribution in [3.8, 4) is 0 Å². The Morgan fingerprint density at radius 2 is 2.18 bits per heavy atom. The molecule has 1 aromatic carbocycles. The molecule has 0 heterocycles. The fourth-order valence-electron chi connectivity index (χ4n) is 1.46. The molecule has 4 heteroatoms. The summed E-state index contributed by atoms with van der Waals surface area (Å²) < 4.78 is 13.5. The number of nitrogens with one attached hydrogen (secondary N) is 1. The van der Waals surface area contributed by atoms with Crippen molar-refractivity contribution < 1.29 is 9.18 Å². The van der Waals surface area contributed by atoms with Crippen LogP contribution in [0.4, 0.5) is 4.39 Å². The third-order valence-corrected chi connectivity index (χ3v) is 2.55. The number of nitrogens with two attached hydrogens (primary N) is 1. The van der Waals surface area contributed by atoms with Crippen LogP contribution in [0.15, 0.2) is 18.2 Å². The lowest BCUT2D eigenvalue weighted by Gasteiger charge is -2.08. The monoisotopic (exact) mass is 238 g/mol. The van der Waals surface area contributed by atoms with E-state index in [2.05, 4.69) is 19.2 Å². The molecule has 3 nitrogen and oxygen atoms in total. The summed E-state index contributed by atoms with van der Waals surface area (Å²) in [5.41, 5.74) is 5.82. The highest BCUT2D eigenvalue weighted by molar-refractivity contribution is 5.92. The predicted molar refractivity (Wildman–Crippen MR) is 66.1 cm³/mol. The van der Waals surface area contributed by atoms with Gasteiger partial charge in [-0.2, -0.15) is 0 Å². The quantitative estimate of drug-likeness (QED) is 0.745. The van der Waals surface area contributed by atoms with Crippen LogP contribution in [0.2, 0.25) is 0 Å². The molecule has 0 aliphatic carbocycles. The van der Waals surface area contributed by atoms with Crippen LogP contribution in [0, 0.1) is 11.7 Å². The van der Waals surface area contributed by atoms with Crippen LogP contribution in [0.5, 0.6) is 0 Å². The van der Waals surface area contributed by atoms with Crippen LogP contribution >= 0.6 is 0 Å². The number of amides is 1. The van der Waals surface area contributed by atoms with E-state index in [0.29, 0.717) is 18.0 Å². The Bertz CT molecular complexity index is 391. The van der Waals surface area contributed by atoms with Gasteiger partial charge >= 0.3 is 0 Å². The zero-order valence-corrected chi connectivity index (χ0v) is 10.3. The fourth-order valence-corrected chi connectivity index (χ4v) is 1.46. The number of benzene rings is 1. The molecule has 0 radical (unpaired) electrons. The van der Waals surface area contributed by atoms with E-state index in [0.717, 1.165) is 13.0 Å². The van der Waals surface area contributed by atoms with E-state index in [9.17, 15) is 9.18 Å². The Morgan fingerprint density at radius 3 is 2.71 bits per heavy atom. The molecule has 1 amide bonds. The molecule has 0 bridgehead atoms. The number of carbonyl (C=O) groups excluding carboxylic acids is 1. The molecule has 0 saturated carbocycles. The van der Waals surface area contributed by atoms with Gasteiger partial charge in [-0.25, -0.2) is 4.39 Å². The van der Waals surface area contributed by atoms with E-state index in [4.69, 9.17) is 5.73 Å². The zero-order chi connectivity index (χ0) is 12.8.